The van der Waals surface area contributed by atoms with Crippen LogP contribution in [0.15, 0.2) is 18.3 Å². The molecule has 0 bridgehead atoms. The number of nitrogens with zero attached hydrogens (tertiary/aromatic N) is 1. The highest BCUT2D eigenvalue weighted by atomic mass is 35.5. The summed E-state index contributed by atoms with van der Waals surface area (Å²) in [5.74, 6) is 0. The van der Waals surface area contributed by atoms with Crippen LogP contribution in [-0.2, 0) is 0 Å². The molecule has 0 aromatic carbocycles. The minimum atomic E-state index is 0.426. The van der Waals surface area contributed by atoms with Crippen LogP contribution in [0.1, 0.15) is 25.7 Å². The first kappa shape index (κ1) is 12.1. The fraction of sp³-hybridized carbons (Fsp3) is 0.583. The Labute approximate surface area is 106 Å². The molecule has 1 fully saturated rings. The molecule has 0 saturated heterocycles. The second-order valence-electron chi connectivity index (χ2n) is 4.32. The van der Waals surface area contributed by atoms with Crippen molar-refractivity contribution in [3.63, 3.8) is 0 Å². The van der Waals surface area contributed by atoms with Gasteiger partial charge in [0.25, 0.3) is 0 Å². The van der Waals surface area contributed by atoms with E-state index in [9.17, 15) is 0 Å². The molecule has 1 aromatic heterocycles. The minimum Gasteiger partial charge on any atom is -0.384 e. The molecule has 4 heteroatoms. The monoisotopic (exact) mass is 256 g/mol. The average molecular weight is 257 g/mol. The van der Waals surface area contributed by atoms with Crippen molar-refractivity contribution in [2.45, 2.75) is 30.4 Å². The quantitative estimate of drug-likeness (QED) is 0.829. The Morgan fingerprint density at radius 2 is 2.25 bits per heavy atom. The van der Waals surface area contributed by atoms with Crippen molar-refractivity contribution in [1.29, 1.82) is 0 Å². The highest BCUT2D eigenvalue weighted by molar-refractivity contribution is 8.00. The normalized spacial score (nSPS) is 18.6. The van der Waals surface area contributed by atoms with Crippen LogP contribution in [0, 0.1) is 0 Å². The van der Waals surface area contributed by atoms with Gasteiger partial charge in [0.05, 0.1) is 0 Å². The lowest BCUT2D eigenvalue weighted by Crippen LogP contribution is -2.29. The topological polar surface area (TPSA) is 24.9 Å². The predicted octanol–water partition coefficient (Wildman–Crippen LogP) is 3.82. The van der Waals surface area contributed by atoms with Crippen molar-refractivity contribution in [2.24, 2.45) is 0 Å². The van der Waals surface area contributed by atoms with Gasteiger partial charge in [0, 0.05) is 23.2 Å². The molecule has 0 spiro atoms. The summed E-state index contributed by atoms with van der Waals surface area (Å²) in [4.78, 5) is 3.98. The number of hydrogen-bond donors (Lipinski definition) is 1. The van der Waals surface area contributed by atoms with Gasteiger partial charge in [-0.15, -0.1) is 0 Å². The zero-order valence-electron chi connectivity index (χ0n) is 9.50. The molecule has 2 rings (SSSR count). The molecule has 0 unspecified atom stereocenters. The smallest absolute Gasteiger partial charge is 0.131 e. The molecule has 0 amide bonds. The van der Waals surface area contributed by atoms with Crippen molar-refractivity contribution in [2.75, 3.05) is 18.1 Å². The van der Waals surface area contributed by atoms with Gasteiger partial charge in [-0.05, 0) is 31.2 Å². The van der Waals surface area contributed by atoms with E-state index in [1.54, 1.807) is 6.20 Å². The summed E-state index contributed by atoms with van der Waals surface area (Å²) >= 11 is 7.84. The summed E-state index contributed by atoms with van der Waals surface area (Å²) in [6.07, 6.45) is 9.32. The maximum Gasteiger partial charge on any atom is 0.131 e. The summed E-state index contributed by atoms with van der Waals surface area (Å²) in [5.41, 5.74) is 1.07. The highest BCUT2D eigenvalue weighted by Gasteiger charge is 2.32. The number of aromatic nitrogens is 1. The summed E-state index contributed by atoms with van der Waals surface area (Å²) in [7, 11) is 0. The van der Waals surface area contributed by atoms with Gasteiger partial charge in [-0.2, -0.15) is 11.8 Å². The van der Waals surface area contributed by atoms with E-state index in [0.29, 0.717) is 9.90 Å². The van der Waals surface area contributed by atoms with Crippen molar-refractivity contribution in [3.8, 4) is 0 Å². The predicted molar refractivity (Wildman–Crippen MR) is 72.5 cm³/mol. The van der Waals surface area contributed by atoms with Gasteiger partial charge < -0.3 is 5.32 Å². The largest absolute Gasteiger partial charge is 0.384 e. The average Bonchev–Trinajstić information content (AvgIpc) is 2.76. The molecule has 1 heterocycles. The number of halogens is 1. The molecular formula is C12H17ClN2S. The zero-order valence-corrected chi connectivity index (χ0v) is 11.1. The molecular weight excluding hydrogens is 240 g/mol. The molecule has 1 aliphatic carbocycles. The SMILES string of the molecule is CSC1(CNc2ccnc(Cl)c2)CCCC1. The van der Waals surface area contributed by atoms with Crippen molar-refractivity contribution < 1.29 is 0 Å². The third kappa shape index (κ3) is 2.83. The number of rotatable bonds is 4. The van der Waals surface area contributed by atoms with E-state index in [0.717, 1.165) is 12.2 Å². The molecule has 0 aliphatic heterocycles. The standard InChI is InChI=1S/C12H17ClN2S/c1-16-12(5-2-3-6-12)9-15-10-4-7-14-11(13)8-10/h4,7-8H,2-3,5-6,9H2,1H3,(H,14,15). The molecule has 1 aromatic rings. The minimum absolute atomic E-state index is 0.426. The second kappa shape index (κ2) is 5.28. The number of thioether (sulfide) groups is 1. The lowest BCUT2D eigenvalue weighted by Gasteiger charge is -2.27. The lowest BCUT2D eigenvalue weighted by atomic mass is 10.1. The fourth-order valence-electron chi connectivity index (χ4n) is 2.25. The summed E-state index contributed by atoms with van der Waals surface area (Å²) < 4.78 is 0.426. The Morgan fingerprint density at radius 3 is 2.88 bits per heavy atom. The fourth-order valence-corrected chi connectivity index (χ4v) is 3.34. The van der Waals surface area contributed by atoms with Gasteiger partial charge >= 0.3 is 0 Å². The van der Waals surface area contributed by atoms with Crippen LogP contribution in [0.3, 0.4) is 0 Å². The van der Waals surface area contributed by atoms with E-state index in [1.807, 2.05) is 23.9 Å². The molecule has 88 valence electrons. The van der Waals surface area contributed by atoms with Gasteiger partial charge in [-0.3, -0.25) is 0 Å². The van der Waals surface area contributed by atoms with Crippen molar-refractivity contribution >= 4 is 29.1 Å². The summed E-state index contributed by atoms with van der Waals surface area (Å²) in [6, 6.07) is 3.85. The van der Waals surface area contributed by atoms with E-state index in [4.69, 9.17) is 11.6 Å². The Kier molecular flexibility index (Phi) is 3.98. The van der Waals surface area contributed by atoms with Crippen LogP contribution in [0.4, 0.5) is 5.69 Å². The van der Waals surface area contributed by atoms with Gasteiger partial charge in [0.1, 0.15) is 5.15 Å². The first-order chi connectivity index (χ1) is 7.74. The Hall–Kier alpha value is -0.410. The van der Waals surface area contributed by atoms with E-state index < -0.39 is 0 Å². The van der Waals surface area contributed by atoms with Gasteiger partial charge in [-0.1, -0.05) is 24.4 Å². The van der Waals surface area contributed by atoms with E-state index in [2.05, 4.69) is 16.6 Å². The molecule has 1 saturated carbocycles. The lowest BCUT2D eigenvalue weighted by molar-refractivity contribution is 0.640. The zero-order chi connectivity index (χ0) is 11.4. The molecule has 2 nitrogen and oxygen atoms in total. The molecule has 16 heavy (non-hydrogen) atoms. The van der Waals surface area contributed by atoms with Gasteiger partial charge in [0.2, 0.25) is 0 Å². The summed E-state index contributed by atoms with van der Waals surface area (Å²) in [5, 5.41) is 4.02. The number of anilines is 1. The third-order valence-corrected chi connectivity index (χ3v) is 4.91. The Balaban J connectivity index is 1.95. The van der Waals surface area contributed by atoms with Crippen molar-refractivity contribution in [1.82, 2.24) is 4.98 Å². The Morgan fingerprint density at radius 1 is 1.50 bits per heavy atom. The Bertz CT molecular complexity index is 351. The van der Waals surface area contributed by atoms with E-state index >= 15 is 0 Å². The molecule has 0 atom stereocenters. The van der Waals surface area contributed by atoms with Crippen LogP contribution < -0.4 is 5.32 Å². The van der Waals surface area contributed by atoms with Crippen LogP contribution in [-0.4, -0.2) is 22.5 Å². The molecule has 0 radical (unpaired) electrons. The van der Waals surface area contributed by atoms with Crippen molar-refractivity contribution in [3.05, 3.63) is 23.5 Å². The maximum atomic E-state index is 5.85. The first-order valence-electron chi connectivity index (χ1n) is 5.65. The number of hydrogen-bond acceptors (Lipinski definition) is 3. The van der Waals surface area contributed by atoms with E-state index in [1.165, 1.54) is 25.7 Å². The summed E-state index contributed by atoms with van der Waals surface area (Å²) in [6.45, 7) is 1.02. The highest BCUT2D eigenvalue weighted by Crippen LogP contribution is 2.40. The van der Waals surface area contributed by atoms with Gasteiger partial charge in [-0.25, -0.2) is 4.98 Å². The number of nitrogens with one attached hydrogen (secondary N) is 1. The molecule has 1 aliphatic rings. The first-order valence-corrected chi connectivity index (χ1v) is 7.25. The van der Waals surface area contributed by atoms with Gasteiger partial charge in [0.15, 0.2) is 0 Å². The number of pyridine rings is 1. The molecule has 1 N–H and O–H groups in total. The van der Waals surface area contributed by atoms with E-state index in [-0.39, 0.29) is 0 Å². The van der Waals surface area contributed by atoms with Crippen LogP contribution in [0.25, 0.3) is 0 Å². The van der Waals surface area contributed by atoms with Crippen LogP contribution in [0.5, 0.6) is 0 Å². The third-order valence-electron chi connectivity index (χ3n) is 3.29. The van der Waals surface area contributed by atoms with Crippen LogP contribution in [0.2, 0.25) is 5.15 Å². The maximum absolute atomic E-state index is 5.85. The van der Waals surface area contributed by atoms with Crippen LogP contribution >= 0.6 is 23.4 Å². The second-order valence-corrected chi connectivity index (χ2v) is 5.98.